The fourth-order valence-electron chi connectivity index (χ4n) is 1.46. The second-order valence-electron chi connectivity index (χ2n) is 3.10. The van der Waals surface area contributed by atoms with Crippen LogP contribution in [0, 0.1) is 0 Å². The highest BCUT2D eigenvalue weighted by Gasteiger charge is 2.21. The number of hydrogen-bond donors (Lipinski definition) is 0. The summed E-state index contributed by atoms with van der Waals surface area (Å²) in [6.45, 7) is 2.22. The number of benzene rings is 1. The zero-order valence-corrected chi connectivity index (χ0v) is 7.93. The zero-order chi connectivity index (χ0) is 9.97. The highest BCUT2D eigenvalue weighted by molar-refractivity contribution is 5.81. The van der Waals surface area contributed by atoms with Gasteiger partial charge in [0.25, 0.3) is 0 Å². The molecule has 0 fully saturated rings. The SMILES string of the molecule is CC1=C(C=O)N(c2ccccc2)CO1. The minimum absolute atomic E-state index is 0.421. The first kappa shape index (κ1) is 8.81. The van der Waals surface area contributed by atoms with Gasteiger partial charge in [-0.1, -0.05) is 18.2 Å². The number of nitrogens with zero attached hydrogens (tertiary/aromatic N) is 1. The lowest BCUT2D eigenvalue weighted by Gasteiger charge is -2.16. The van der Waals surface area contributed by atoms with Crippen molar-refractivity contribution in [3.05, 3.63) is 41.8 Å². The van der Waals surface area contributed by atoms with Crippen LogP contribution >= 0.6 is 0 Å². The van der Waals surface area contributed by atoms with Crippen molar-refractivity contribution < 1.29 is 9.53 Å². The van der Waals surface area contributed by atoms with Crippen molar-refractivity contribution >= 4 is 12.0 Å². The summed E-state index contributed by atoms with van der Waals surface area (Å²) in [4.78, 5) is 12.7. The van der Waals surface area contributed by atoms with Crippen molar-refractivity contribution in [2.45, 2.75) is 6.92 Å². The first-order valence-electron chi connectivity index (χ1n) is 4.44. The van der Waals surface area contributed by atoms with Crippen molar-refractivity contribution in [1.82, 2.24) is 0 Å². The second-order valence-corrected chi connectivity index (χ2v) is 3.10. The summed E-state index contributed by atoms with van der Waals surface area (Å²) in [6, 6.07) is 9.71. The highest BCUT2D eigenvalue weighted by Crippen LogP contribution is 2.25. The van der Waals surface area contributed by atoms with Crippen LogP contribution in [0.3, 0.4) is 0 Å². The van der Waals surface area contributed by atoms with Crippen LogP contribution < -0.4 is 4.90 Å². The molecule has 1 heterocycles. The van der Waals surface area contributed by atoms with Gasteiger partial charge in [-0.05, 0) is 19.1 Å². The number of carbonyl (C=O) groups excluding carboxylic acids is 1. The van der Waals surface area contributed by atoms with E-state index in [1.165, 1.54) is 0 Å². The smallest absolute Gasteiger partial charge is 0.170 e. The Morgan fingerprint density at radius 3 is 2.71 bits per heavy atom. The Bertz CT molecular complexity index is 370. The number of carbonyl (C=O) groups is 1. The van der Waals surface area contributed by atoms with Gasteiger partial charge < -0.3 is 9.64 Å². The van der Waals surface area contributed by atoms with Gasteiger partial charge in [0.15, 0.2) is 13.0 Å². The van der Waals surface area contributed by atoms with Crippen molar-refractivity contribution in [2.24, 2.45) is 0 Å². The quantitative estimate of drug-likeness (QED) is 0.665. The lowest BCUT2D eigenvalue weighted by molar-refractivity contribution is -0.105. The largest absolute Gasteiger partial charge is 0.475 e. The van der Waals surface area contributed by atoms with Gasteiger partial charge in [-0.25, -0.2) is 0 Å². The average Bonchev–Trinajstić information content (AvgIpc) is 2.61. The third kappa shape index (κ3) is 1.37. The first-order valence-corrected chi connectivity index (χ1v) is 4.44. The standard InChI is InChI=1S/C11H11NO2/c1-9-11(7-13)12(8-14-9)10-5-3-2-4-6-10/h2-7H,8H2,1H3. The molecule has 0 radical (unpaired) electrons. The van der Waals surface area contributed by atoms with Gasteiger partial charge in [-0.2, -0.15) is 0 Å². The lowest BCUT2D eigenvalue weighted by Crippen LogP contribution is -2.19. The number of rotatable bonds is 2. The number of para-hydroxylation sites is 1. The van der Waals surface area contributed by atoms with E-state index in [-0.39, 0.29) is 0 Å². The first-order chi connectivity index (χ1) is 6.83. The highest BCUT2D eigenvalue weighted by atomic mass is 16.5. The van der Waals surface area contributed by atoms with Crippen molar-refractivity contribution in [1.29, 1.82) is 0 Å². The second kappa shape index (κ2) is 3.54. The molecule has 1 aromatic carbocycles. The molecule has 0 unspecified atom stereocenters. The summed E-state index contributed by atoms with van der Waals surface area (Å²) in [6.07, 6.45) is 0.829. The number of aldehydes is 1. The normalized spacial score (nSPS) is 15.6. The van der Waals surface area contributed by atoms with Crippen LogP contribution in [0.15, 0.2) is 41.8 Å². The summed E-state index contributed by atoms with van der Waals surface area (Å²) in [7, 11) is 0. The van der Waals surface area contributed by atoms with E-state index in [1.807, 2.05) is 35.2 Å². The number of hydrogen-bond acceptors (Lipinski definition) is 3. The predicted octanol–water partition coefficient (Wildman–Crippen LogP) is 1.91. The summed E-state index contributed by atoms with van der Waals surface area (Å²) < 4.78 is 5.30. The maximum Gasteiger partial charge on any atom is 0.170 e. The topological polar surface area (TPSA) is 29.5 Å². The Labute approximate surface area is 82.6 Å². The molecule has 0 aromatic heterocycles. The van der Waals surface area contributed by atoms with Gasteiger partial charge >= 0.3 is 0 Å². The van der Waals surface area contributed by atoms with E-state index in [1.54, 1.807) is 6.92 Å². The zero-order valence-electron chi connectivity index (χ0n) is 7.93. The Balaban J connectivity index is 2.34. The molecule has 3 nitrogen and oxygen atoms in total. The van der Waals surface area contributed by atoms with Crippen LogP contribution in [0.2, 0.25) is 0 Å². The van der Waals surface area contributed by atoms with E-state index in [9.17, 15) is 4.79 Å². The van der Waals surface area contributed by atoms with Crippen LogP contribution in [0.1, 0.15) is 6.92 Å². The Morgan fingerprint density at radius 1 is 1.36 bits per heavy atom. The summed E-state index contributed by atoms with van der Waals surface area (Å²) in [5.41, 5.74) is 1.59. The van der Waals surface area contributed by atoms with Crippen molar-refractivity contribution in [3.8, 4) is 0 Å². The van der Waals surface area contributed by atoms with Crippen LogP contribution in [-0.2, 0) is 9.53 Å². The molecule has 0 amide bonds. The molecule has 1 aromatic rings. The lowest BCUT2D eigenvalue weighted by atomic mass is 10.3. The Hall–Kier alpha value is -1.77. The van der Waals surface area contributed by atoms with Crippen LogP contribution in [0.5, 0.6) is 0 Å². The molecule has 0 bridgehead atoms. The number of anilines is 1. The molecule has 3 heteroatoms. The third-order valence-electron chi connectivity index (χ3n) is 2.24. The molecular weight excluding hydrogens is 178 g/mol. The van der Waals surface area contributed by atoms with Gasteiger partial charge in [0.05, 0.1) is 0 Å². The number of allylic oxidation sites excluding steroid dienone is 2. The Kier molecular flexibility index (Phi) is 2.23. The molecule has 1 aliphatic heterocycles. The monoisotopic (exact) mass is 189 g/mol. The Morgan fingerprint density at radius 2 is 2.07 bits per heavy atom. The van der Waals surface area contributed by atoms with Crippen molar-refractivity contribution in [2.75, 3.05) is 11.6 Å². The van der Waals surface area contributed by atoms with E-state index >= 15 is 0 Å². The number of ether oxygens (including phenoxy) is 1. The van der Waals surface area contributed by atoms with E-state index in [4.69, 9.17) is 4.74 Å². The average molecular weight is 189 g/mol. The maximum atomic E-state index is 10.8. The van der Waals surface area contributed by atoms with Crippen LogP contribution in [0.25, 0.3) is 0 Å². The van der Waals surface area contributed by atoms with Crippen LogP contribution in [-0.4, -0.2) is 13.0 Å². The molecule has 72 valence electrons. The maximum absolute atomic E-state index is 10.8. The molecule has 2 rings (SSSR count). The van der Waals surface area contributed by atoms with Gasteiger partial charge in [-0.15, -0.1) is 0 Å². The van der Waals surface area contributed by atoms with E-state index < -0.39 is 0 Å². The fourth-order valence-corrected chi connectivity index (χ4v) is 1.46. The van der Waals surface area contributed by atoms with Crippen LogP contribution in [0.4, 0.5) is 5.69 Å². The van der Waals surface area contributed by atoms with Gasteiger partial charge in [0, 0.05) is 5.69 Å². The molecule has 1 aliphatic rings. The van der Waals surface area contributed by atoms with E-state index in [0.29, 0.717) is 18.2 Å². The minimum Gasteiger partial charge on any atom is -0.475 e. The summed E-state index contributed by atoms with van der Waals surface area (Å²) in [5.74, 6) is 0.684. The third-order valence-corrected chi connectivity index (χ3v) is 2.24. The molecule has 0 atom stereocenters. The molecule has 0 aliphatic carbocycles. The molecular formula is C11H11NO2. The summed E-state index contributed by atoms with van der Waals surface area (Å²) >= 11 is 0. The van der Waals surface area contributed by atoms with Gasteiger partial charge in [0.1, 0.15) is 11.5 Å². The molecule has 14 heavy (non-hydrogen) atoms. The fraction of sp³-hybridized carbons (Fsp3) is 0.182. The van der Waals surface area contributed by atoms with Gasteiger partial charge in [0.2, 0.25) is 0 Å². The van der Waals surface area contributed by atoms with Gasteiger partial charge in [-0.3, -0.25) is 4.79 Å². The molecule has 0 spiro atoms. The molecule has 0 N–H and O–H groups in total. The summed E-state index contributed by atoms with van der Waals surface area (Å²) in [5, 5.41) is 0. The molecule has 0 saturated carbocycles. The minimum atomic E-state index is 0.421. The van der Waals surface area contributed by atoms with Crippen molar-refractivity contribution in [3.63, 3.8) is 0 Å². The van der Waals surface area contributed by atoms with E-state index in [2.05, 4.69) is 0 Å². The molecule has 0 saturated heterocycles. The van der Waals surface area contributed by atoms with E-state index in [0.717, 1.165) is 12.0 Å². The predicted molar refractivity (Wildman–Crippen MR) is 53.6 cm³/mol.